The molecule has 0 saturated heterocycles. The SMILES string of the molecule is CC(C)c1ccc(NC(=O)Cn2ccc(N)n2)cc1. The number of nitrogens with one attached hydrogen (secondary N) is 1. The van der Waals surface area contributed by atoms with Crippen LogP contribution in [-0.2, 0) is 11.3 Å². The Balaban J connectivity index is 1.95. The minimum atomic E-state index is -0.125. The lowest BCUT2D eigenvalue weighted by atomic mass is 10.0. The summed E-state index contributed by atoms with van der Waals surface area (Å²) in [6, 6.07) is 9.51. The smallest absolute Gasteiger partial charge is 0.246 e. The molecule has 1 aromatic carbocycles. The summed E-state index contributed by atoms with van der Waals surface area (Å²) < 4.78 is 1.51. The van der Waals surface area contributed by atoms with Crippen LogP contribution in [0.1, 0.15) is 25.3 Å². The number of amides is 1. The fraction of sp³-hybridized carbons (Fsp3) is 0.286. The fourth-order valence-electron chi connectivity index (χ4n) is 1.76. The van der Waals surface area contributed by atoms with Gasteiger partial charge in [0, 0.05) is 11.9 Å². The van der Waals surface area contributed by atoms with Gasteiger partial charge in [-0.25, -0.2) is 0 Å². The molecule has 0 aliphatic carbocycles. The molecular formula is C14H18N4O. The first-order valence-electron chi connectivity index (χ1n) is 6.23. The van der Waals surface area contributed by atoms with Gasteiger partial charge in [0.05, 0.1) is 0 Å². The number of carbonyl (C=O) groups excluding carboxylic acids is 1. The van der Waals surface area contributed by atoms with Crippen molar-refractivity contribution in [3.63, 3.8) is 0 Å². The highest BCUT2D eigenvalue weighted by atomic mass is 16.2. The van der Waals surface area contributed by atoms with Crippen LogP contribution in [0, 0.1) is 0 Å². The number of anilines is 2. The standard InChI is InChI=1S/C14H18N4O/c1-10(2)11-3-5-12(6-4-11)16-14(19)9-18-8-7-13(15)17-18/h3-8,10H,9H2,1-2H3,(H2,15,17)(H,16,19). The van der Waals surface area contributed by atoms with Crippen LogP contribution in [0.4, 0.5) is 11.5 Å². The Morgan fingerprint density at radius 1 is 1.32 bits per heavy atom. The Hall–Kier alpha value is -2.30. The first-order valence-corrected chi connectivity index (χ1v) is 6.23. The van der Waals surface area contributed by atoms with E-state index in [0.29, 0.717) is 11.7 Å². The maximum Gasteiger partial charge on any atom is 0.246 e. The monoisotopic (exact) mass is 258 g/mol. The Kier molecular flexibility index (Phi) is 3.85. The second-order valence-electron chi connectivity index (χ2n) is 4.76. The number of benzene rings is 1. The molecular weight excluding hydrogens is 240 g/mol. The first-order chi connectivity index (χ1) is 9.04. The van der Waals surface area contributed by atoms with Crippen LogP contribution < -0.4 is 11.1 Å². The number of nitrogens with two attached hydrogens (primary N) is 1. The van der Waals surface area contributed by atoms with E-state index in [1.165, 1.54) is 10.2 Å². The molecule has 0 unspecified atom stereocenters. The van der Waals surface area contributed by atoms with E-state index in [1.807, 2.05) is 24.3 Å². The molecule has 1 aromatic heterocycles. The summed E-state index contributed by atoms with van der Waals surface area (Å²) in [4.78, 5) is 11.8. The van der Waals surface area contributed by atoms with Crippen LogP contribution >= 0.6 is 0 Å². The predicted octanol–water partition coefficient (Wildman–Crippen LogP) is 2.23. The fourth-order valence-corrected chi connectivity index (χ4v) is 1.76. The lowest BCUT2D eigenvalue weighted by Crippen LogP contribution is -2.19. The van der Waals surface area contributed by atoms with E-state index in [2.05, 4.69) is 24.3 Å². The highest BCUT2D eigenvalue weighted by molar-refractivity contribution is 5.90. The first kappa shape index (κ1) is 13.1. The minimum Gasteiger partial charge on any atom is -0.382 e. The van der Waals surface area contributed by atoms with Gasteiger partial charge in [0.15, 0.2) is 0 Å². The zero-order chi connectivity index (χ0) is 13.8. The second kappa shape index (κ2) is 5.56. The van der Waals surface area contributed by atoms with E-state index in [-0.39, 0.29) is 12.5 Å². The molecule has 5 heteroatoms. The molecule has 100 valence electrons. The van der Waals surface area contributed by atoms with E-state index in [0.717, 1.165) is 5.69 Å². The average molecular weight is 258 g/mol. The number of nitrogen functional groups attached to an aromatic ring is 1. The van der Waals surface area contributed by atoms with E-state index >= 15 is 0 Å². The quantitative estimate of drug-likeness (QED) is 0.883. The van der Waals surface area contributed by atoms with Crippen molar-refractivity contribution in [1.29, 1.82) is 0 Å². The van der Waals surface area contributed by atoms with Crippen molar-refractivity contribution in [2.24, 2.45) is 0 Å². The van der Waals surface area contributed by atoms with Crippen LogP contribution in [0.25, 0.3) is 0 Å². The van der Waals surface area contributed by atoms with Crippen LogP contribution in [0.3, 0.4) is 0 Å². The van der Waals surface area contributed by atoms with Gasteiger partial charge in [-0.2, -0.15) is 5.10 Å². The zero-order valence-electron chi connectivity index (χ0n) is 11.1. The molecule has 2 rings (SSSR count). The van der Waals surface area contributed by atoms with Crippen molar-refractivity contribution in [3.05, 3.63) is 42.1 Å². The molecule has 0 fully saturated rings. The lowest BCUT2D eigenvalue weighted by Gasteiger charge is -2.08. The molecule has 1 heterocycles. The van der Waals surface area contributed by atoms with Gasteiger partial charge < -0.3 is 11.1 Å². The second-order valence-corrected chi connectivity index (χ2v) is 4.76. The summed E-state index contributed by atoms with van der Waals surface area (Å²) >= 11 is 0. The Morgan fingerprint density at radius 2 is 2.00 bits per heavy atom. The van der Waals surface area contributed by atoms with Crippen molar-refractivity contribution >= 4 is 17.4 Å². The Labute approximate surface area is 112 Å². The largest absolute Gasteiger partial charge is 0.382 e. The van der Waals surface area contributed by atoms with Crippen molar-refractivity contribution in [3.8, 4) is 0 Å². The number of nitrogens with zero attached hydrogens (tertiary/aromatic N) is 2. The minimum absolute atomic E-state index is 0.125. The van der Waals surface area contributed by atoms with Gasteiger partial charge in [-0.05, 0) is 29.7 Å². The van der Waals surface area contributed by atoms with Gasteiger partial charge in [-0.15, -0.1) is 0 Å². The molecule has 0 bridgehead atoms. The number of hydrogen-bond donors (Lipinski definition) is 2. The molecule has 5 nitrogen and oxygen atoms in total. The molecule has 0 aliphatic heterocycles. The summed E-state index contributed by atoms with van der Waals surface area (Å²) in [5, 5.41) is 6.79. The molecule has 0 saturated carbocycles. The number of aromatic nitrogens is 2. The summed E-state index contributed by atoms with van der Waals surface area (Å²) in [7, 11) is 0. The van der Waals surface area contributed by atoms with E-state index in [4.69, 9.17) is 5.73 Å². The van der Waals surface area contributed by atoms with Gasteiger partial charge in [0.1, 0.15) is 12.4 Å². The van der Waals surface area contributed by atoms with Crippen molar-refractivity contribution in [2.75, 3.05) is 11.1 Å². The third-order valence-electron chi connectivity index (χ3n) is 2.83. The summed E-state index contributed by atoms with van der Waals surface area (Å²) in [6.07, 6.45) is 1.68. The van der Waals surface area contributed by atoms with E-state index in [9.17, 15) is 4.79 Å². The number of carbonyl (C=O) groups is 1. The summed E-state index contributed by atoms with van der Waals surface area (Å²) in [5.41, 5.74) is 7.52. The third-order valence-corrected chi connectivity index (χ3v) is 2.83. The normalized spacial score (nSPS) is 10.7. The molecule has 0 spiro atoms. The van der Waals surface area contributed by atoms with Crippen molar-refractivity contribution in [2.45, 2.75) is 26.3 Å². The molecule has 0 atom stereocenters. The third kappa shape index (κ3) is 3.58. The lowest BCUT2D eigenvalue weighted by molar-refractivity contribution is -0.116. The maximum absolute atomic E-state index is 11.8. The van der Waals surface area contributed by atoms with Crippen LogP contribution in [-0.4, -0.2) is 15.7 Å². The number of hydrogen-bond acceptors (Lipinski definition) is 3. The van der Waals surface area contributed by atoms with Crippen LogP contribution in [0.15, 0.2) is 36.5 Å². The van der Waals surface area contributed by atoms with Gasteiger partial charge >= 0.3 is 0 Å². The van der Waals surface area contributed by atoms with Crippen LogP contribution in [0.2, 0.25) is 0 Å². The molecule has 2 aromatic rings. The maximum atomic E-state index is 11.8. The predicted molar refractivity (Wildman–Crippen MR) is 75.8 cm³/mol. The highest BCUT2D eigenvalue weighted by Crippen LogP contribution is 2.17. The van der Waals surface area contributed by atoms with E-state index in [1.54, 1.807) is 12.3 Å². The van der Waals surface area contributed by atoms with Crippen molar-refractivity contribution in [1.82, 2.24) is 9.78 Å². The highest BCUT2D eigenvalue weighted by Gasteiger charge is 2.05. The zero-order valence-corrected chi connectivity index (χ0v) is 11.1. The molecule has 19 heavy (non-hydrogen) atoms. The van der Waals surface area contributed by atoms with Gasteiger partial charge in [-0.3, -0.25) is 9.48 Å². The molecule has 0 aliphatic rings. The Bertz CT molecular complexity index is 557. The number of rotatable bonds is 4. The topological polar surface area (TPSA) is 72.9 Å². The molecule has 1 amide bonds. The van der Waals surface area contributed by atoms with Crippen molar-refractivity contribution < 1.29 is 4.79 Å². The summed E-state index contributed by atoms with van der Waals surface area (Å²) in [5.74, 6) is 0.770. The van der Waals surface area contributed by atoms with E-state index < -0.39 is 0 Å². The van der Waals surface area contributed by atoms with Crippen LogP contribution in [0.5, 0.6) is 0 Å². The molecule has 3 N–H and O–H groups in total. The van der Waals surface area contributed by atoms with Gasteiger partial charge in [0.25, 0.3) is 0 Å². The summed E-state index contributed by atoms with van der Waals surface area (Å²) in [6.45, 7) is 4.43. The molecule has 0 radical (unpaired) electrons. The van der Waals surface area contributed by atoms with Gasteiger partial charge in [-0.1, -0.05) is 26.0 Å². The van der Waals surface area contributed by atoms with Gasteiger partial charge in [0.2, 0.25) is 5.91 Å². The average Bonchev–Trinajstić information content (AvgIpc) is 2.75. The Morgan fingerprint density at radius 3 is 2.53 bits per heavy atom.